The topological polar surface area (TPSA) is 37.3 Å². The van der Waals surface area contributed by atoms with Gasteiger partial charge in [-0.1, -0.05) is 38.8 Å². The van der Waals surface area contributed by atoms with Crippen molar-refractivity contribution in [2.75, 3.05) is 0 Å². The molecule has 1 saturated carbocycles. The van der Waals surface area contributed by atoms with Crippen molar-refractivity contribution in [1.82, 2.24) is 0 Å². The minimum Gasteiger partial charge on any atom is -0.478 e. The average Bonchev–Trinajstić information content (AvgIpc) is 2.41. The second kappa shape index (κ2) is 6.23. The number of carbonyl (C=O) groups is 1. The van der Waals surface area contributed by atoms with Crippen molar-refractivity contribution < 1.29 is 9.90 Å². The Hall–Kier alpha value is -1.31. The lowest BCUT2D eigenvalue weighted by Crippen LogP contribution is -2.21. The first-order valence-corrected chi connectivity index (χ1v) is 7.45. The molecule has 2 rings (SSSR count). The third kappa shape index (κ3) is 3.37. The van der Waals surface area contributed by atoms with E-state index in [4.69, 9.17) is 5.11 Å². The van der Waals surface area contributed by atoms with Gasteiger partial charge >= 0.3 is 5.97 Å². The molecule has 0 radical (unpaired) electrons. The van der Waals surface area contributed by atoms with Crippen molar-refractivity contribution in [1.29, 1.82) is 0 Å². The molecular weight excluding hydrogens is 236 g/mol. The molecule has 104 valence electrons. The van der Waals surface area contributed by atoms with Crippen LogP contribution in [0.4, 0.5) is 0 Å². The van der Waals surface area contributed by atoms with Gasteiger partial charge in [0, 0.05) is 0 Å². The first-order chi connectivity index (χ1) is 9.11. The van der Waals surface area contributed by atoms with Crippen molar-refractivity contribution in [3.63, 3.8) is 0 Å². The summed E-state index contributed by atoms with van der Waals surface area (Å²) in [6.45, 7) is 4.64. The lowest BCUT2D eigenvalue weighted by Gasteiger charge is -2.34. The first kappa shape index (κ1) is 14.1. The Kier molecular flexibility index (Phi) is 4.62. The molecule has 3 atom stereocenters. The summed E-state index contributed by atoms with van der Waals surface area (Å²) in [5, 5.41) is 8.92. The fourth-order valence-electron chi connectivity index (χ4n) is 3.46. The fraction of sp³-hybridized carbons (Fsp3) is 0.588. The number of benzene rings is 1. The molecule has 0 aromatic heterocycles. The summed E-state index contributed by atoms with van der Waals surface area (Å²) in [7, 11) is 0. The molecule has 1 fully saturated rings. The lowest BCUT2D eigenvalue weighted by atomic mass is 9.71. The first-order valence-electron chi connectivity index (χ1n) is 7.45. The maximum atomic E-state index is 10.9. The van der Waals surface area contributed by atoms with E-state index in [-0.39, 0.29) is 0 Å². The van der Waals surface area contributed by atoms with Crippen LogP contribution in [0.3, 0.4) is 0 Å². The number of hydrogen-bond donors (Lipinski definition) is 1. The fourth-order valence-corrected chi connectivity index (χ4v) is 3.46. The summed E-state index contributed by atoms with van der Waals surface area (Å²) < 4.78 is 0. The van der Waals surface area contributed by atoms with E-state index in [2.05, 4.69) is 13.8 Å². The van der Waals surface area contributed by atoms with Gasteiger partial charge in [-0.2, -0.15) is 0 Å². The van der Waals surface area contributed by atoms with Gasteiger partial charge in [-0.15, -0.1) is 0 Å². The Morgan fingerprint density at radius 1 is 1.26 bits per heavy atom. The smallest absolute Gasteiger partial charge is 0.335 e. The SMILES string of the molecule is CCC[C@H]1CC[C@H](c2ccc(C(=O)O)cc2)C[C@@H]1C. The molecular formula is C17H24O2. The molecule has 0 spiro atoms. The van der Waals surface area contributed by atoms with Crippen molar-refractivity contribution in [2.24, 2.45) is 11.8 Å². The maximum Gasteiger partial charge on any atom is 0.335 e. The second-order valence-electron chi connectivity index (χ2n) is 5.96. The molecule has 1 aliphatic carbocycles. The summed E-state index contributed by atoms with van der Waals surface area (Å²) >= 11 is 0. The van der Waals surface area contributed by atoms with E-state index in [0.717, 1.165) is 11.8 Å². The molecule has 19 heavy (non-hydrogen) atoms. The Morgan fingerprint density at radius 3 is 2.47 bits per heavy atom. The summed E-state index contributed by atoms with van der Waals surface area (Å²) in [6, 6.07) is 7.48. The molecule has 0 unspecified atom stereocenters. The number of carboxylic acid groups (broad SMARTS) is 1. The molecule has 2 nitrogen and oxygen atoms in total. The molecule has 1 aromatic rings. The average molecular weight is 260 g/mol. The zero-order valence-electron chi connectivity index (χ0n) is 11.9. The minimum absolute atomic E-state index is 0.386. The molecule has 0 heterocycles. The van der Waals surface area contributed by atoms with Crippen LogP contribution in [0.25, 0.3) is 0 Å². The van der Waals surface area contributed by atoms with Crippen LogP contribution in [0.1, 0.15) is 67.8 Å². The maximum absolute atomic E-state index is 10.9. The zero-order chi connectivity index (χ0) is 13.8. The highest BCUT2D eigenvalue weighted by Gasteiger charge is 2.27. The number of aromatic carboxylic acids is 1. The number of hydrogen-bond acceptors (Lipinski definition) is 1. The van der Waals surface area contributed by atoms with E-state index in [1.807, 2.05) is 12.1 Å². The molecule has 1 N–H and O–H groups in total. The van der Waals surface area contributed by atoms with Crippen molar-refractivity contribution in [3.05, 3.63) is 35.4 Å². The Bertz CT molecular complexity index is 421. The molecule has 1 aliphatic rings. The third-order valence-electron chi connectivity index (χ3n) is 4.64. The van der Waals surface area contributed by atoms with Crippen LogP contribution < -0.4 is 0 Å². The third-order valence-corrected chi connectivity index (χ3v) is 4.64. The van der Waals surface area contributed by atoms with E-state index in [1.165, 1.54) is 37.7 Å². The standard InChI is InChI=1S/C17H24O2/c1-3-4-13-5-10-16(11-12(13)2)14-6-8-15(9-7-14)17(18)19/h6-9,12-13,16H,3-5,10-11H2,1-2H3,(H,18,19)/t12-,13-,16-/m0/s1. The molecule has 1 aromatic carbocycles. The Labute approximate surface area is 115 Å². The van der Waals surface area contributed by atoms with Crippen LogP contribution in [-0.2, 0) is 0 Å². The molecule has 0 bridgehead atoms. The van der Waals surface area contributed by atoms with E-state index in [0.29, 0.717) is 11.5 Å². The van der Waals surface area contributed by atoms with E-state index >= 15 is 0 Å². The van der Waals surface area contributed by atoms with Crippen LogP contribution in [0.5, 0.6) is 0 Å². The van der Waals surface area contributed by atoms with Gasteiger partial charge in [0.25, 0.3) is 0 Å². The van der Waals surface area contributed by atoms with Crippen LogP contribution in [0, 0.1) is 11.8 Å². The van der Waals surface area contributed by atoms with Gasteiger partial charge in [-0.3, -0.25) is 0 Å². The van der Waals surface area contributed by atoms with Crippen LogP contribution >= 0.6 is 0 Å². The quantitative estimate of drug-likeness (QED) is 0.851. The minimum atomic E-state index is -0.841. The zero-order valence-corrected chi connectivity index (χ0v) is 11.9. The van der Waals surface area contributed by atoms with Gasteiger partial charge < -0.3 is 5.11 Å². The lowest BCUT2D eigenvalue weighted by molar-refractivity contribution is 0.0697. The van der Waals surface area contributed by atoms with Crippen molar-refractivity contribution in [2.45, 2.75) is 51.9 Å². The molecule has 0 aliphatic heterocycles. The van der Waals surface area contributed by atoms with Gasteiger partial charge in [0.15, 0.2) is 0 Å². The predicted octanol–water partition coefficient (Wildman–Crippen LogP) is 4.70. The summed E-state index contributed by atoms with van der Waals surface area (Å²) in [4.78, 5) is 10.9. The highest BCUT2D eigenvalue weighted by Crippen LogP contribution is 2.41. The van der Waals surface area contributed by atoms with E-state index in [1.54, 1.807) is 12.1 Å². The summed E-state index contributed by atoms with van der Waals surface area (Å²) in [6.07, 6.45) is 6.46. The van der Waals surface area contributed by atoms with Crippen LogP contribution in [0.15, 0.2) is 24.3 Å². The predicted molar refractivity (Wildman–Crippen MR) is 77.6 cm³/mol. The van der Waals surface area contributed by atoms with Gasteiger partial charge in [0.05, 0.1) is 5.56 Å². The number of carboxylic acids is 1. The van der Waals surface area contributed by atoms with Crippen molar-refractivity contribution in [3.8, 4) is 0 Å². The molecule has 0 saturated heterocycles. The van der Waals surface area contributed by atoms with E-state index in [9.17, 15) is 4.79 Å². The van der Waals surface area contributed by atoms with Gasteiger partial charge in [0.2, 0.25) is 0 Å². The monoisotopic (exact) mass is 260 g/mol. The van der Waals surface area contributed by atoms with Crippen LogP contribution in [0.2, 0.25) is 0 Å². The highest BCUT2D eigenvalue weighted by molar-refractivity contribution is 5.87. The van der Waals surface area contributed by atoms with E-state index < -0.39 is 5.97 Å². The summed E-state index contributed by atoms with van der Waals surface area (Å²) in [5.41, 5.74) is 1.70. The van der Waals surface area contributed by atoms with Crippen molar-refractivity contribution >= 4 is 5.97 Å². The Balaban J connectivity index is 2.01. The Morgan fingerprint density at radius 2 is 1.95 bits per heavy atom. The largest absolute Gasteiger partial charge is 0.478 e. The highest BCUT2D eigenvalue weighted by atomic mass is 16.4. The van der Waals surface area contributed by atoms with Gasteiger partial charge in [-0.25, -0.2) is 4.79 Å². The number of rotatable bonds is 4. The van der Waals surface area contributed by atoms with Crippen LogP contribution in [-0.4, -0.2) is 11.1 Å². The molecule has 2 heteroatoms. The summed E-state index contributed by atoms with van der Waals surface area (Å²) in [5.74, 6) is 1.45. The normalized spacial score (nSPS) is 27.2. The van der Waals surface area contributed by atoms with Gasteiger partial charge in [-0.05, 0) is 54.7 Å². The van der Waals surface area contributed by atoms with Gasteiger partial charge in [0.1, 0.15) is 0 Å². The second-order valence-corrected chi connectivity index (χ2v) is 5.96. The molecule has 0 amide bonds.